The van der Waals surface area contributed by atoms with E-state index in [1.165, 1.54) is 0 Å². The smallest absolute Gasteiger partial charge is 0.320 e. The maximum Gasteiger partial charge on any atom is 0.320 e. The van der Waals surface area contributed by atoms with Gasteiger partial charge in [-0.2, -0.15) is 5.10 Å². The molecule has 106 valence electrons. The minimum absolute atomic E-state index is 0.188. The van der Waals surface area contributed by atoms with Gasteiger partial charge in [-0.1, -0.05) is 0 Å². The fourth-order valence-corrected chi connectivity index (χ4v) is 2.19. The van der Waals surface area contributed by atoms with E-state index in [4.69, 9.17) is 4.74 Å². The molecule has 6 heteroatoms. The summed E-state index contributed by atoms with van der Waals surface area (Å²) in [4.78, 5) is 12.1. The Kier molecular flexibility index (Phi) is 4.09. The third kappa shape index (κ3) is 3.47. The van der Waals surface area contributed by atoms with Crippen molar-refractivity contribution in [2.24, 2.45) is 0 Å². The maximum absolute atomic E-state index is 12.1. The van der Waals surface area contributed by atoms with E-state index < -0.39 is 0 Å². The van der Waals surface area contributed by atoms with E-state index in [-0.39, 0.29) is 17.6 Å². The molecular weight excluding hydrogens is 244 g/mol. The number of amides is 2. The van der Waals surface area contributed by atoms with Gasteiger partial charge in [-0.25, -0.2) is 9.48 Å². The minimum Gasteiger partial charge on any atom is -0.381 e. The predicted molar refractivity (Wildman–Crippen MR) is 73.2 cm³/mol. The normalized spacial score (nSPS) is 18.3. The lowest BCUT2D eigenvalue weighted by Crippen LogP contribution is -2.51. The largest absolute Gasteiger partial charge is 0.381 e. The summed E-state index contributed by atoms with van der Waals surface area (Å²) >= 11 is 0. The third-order valence-corrected chi connectivity index (χ3v) is 3.41. The van der Waals surface area contributed by atoms with Gasteiger partial charge in [-0.05, 0) is 33.6 Å². The number of carbonyl (C=O) groups is 1. The molecule has 0 radical (unpaired) electrons. The molecule has 0 aromatic carbocycles. The number of aromatic nitrogens is 2. The molecule has 2 rings (SSSR count). The van der Waals surface area contributed by atoms with Crippen LogP contribution in [0.4, 0.5) is 10.6 Å². The molecule has 0 aliphatic carbocycles. The Bertz CT molecular complexity index is 436. The van der Waals surface area contributed by atoms with Crippen LogP contribution in [-0.2, 0) is 4.74 Å². The van der Waals surface area contributed by atoms with Crippen molar-refractivity contribution in [1.82, 2.24) is 15.1 Å². The molecule has 2 heterocycles. The van der Waals surface area contributed by atoms with E-state index in [1.807, 2.05) is 13.8 Å². The zero-order valence-corrected chi connectivity index (χ0v) is 11.8. The fraction of sp³-hybridized carbons (Fsp3) is 0.692. The summed E-state index contributed by atoms with van der Waals surface area (Å²) < 4.78 is 7.10. The first-order valence-electron chi connectivity index (χ1n) is 6.71. The van der Waals surface area contributed by atoms with Crippen LogP contribution in [0.3, 0.4) is 0 Å². The monoisotopic (exact) mass is 266 g/mol. The lowest BCUT2D eigenvalue weighted by molar-refractivity contribution is 0.0499. The van der Waals surface area contributed by atoms with Crippen molar-refractivity contribution in [3.8, 4) is 0 Å². The molecule has 0 spiro atoms. The first kappa shape index (κ1) is 13.9. The zero-order chi connectivity index (χ0) is 13.9. The second kappa shape index (κ2) is 5.61. The molecule has 0 saturated carbocycles. The Hall–Kier alpha value is -1.56. The Labute approximate surface area is 113 Å². The molecule has 2 N–H and O–H groups in total. The molecule has 1 aliphatic rings. The van der Waals surface area contributed by atoms with Crippen LogP contribution in [0, 0.1) is 0 Å². The topological polar surface area (TPSA) is 68.2 Å². The number of urea groups is 1. The molecule has 0 atom stereocenters. The average molecular weight is 266 g/mol. The van der Waals surface area contributed by atoms with Gasteiger partial charge in [0.25, 0.3) is 0 Å². The van der Waals surface area contributed by atoms with Gasteiger partial charge in [0.15, 0.2) is 0 Å². The lowest BCUT2D eigenvalue weighted by atomic mass is 9.93. The highest BCUT2D eigenvalue weighted by Crippen LogP contribution is 2.20. The molecule has 1 aromatic rings. The lowest BCUT2D eigenvalue weighted by Gasteiger charge is -2.34. The molecule has 1 fully saturated rings. The van der Waals surface area contributed by atoms with Crippen LogP contribution in [0.2, 0.25) is 0 Å². The quantitative estimate of drug-likeness (QED) is 0.881. The Morgan fingerprint density at radius 3 is 2.79 bits per heavy atom. The van der Waals surface area contributed by atoms with Crippen LogP contribution in [0.1, 0.15) is 39.7 Å². The van der Waals surface area contributed by atoms with Gasteiger partial charge < -0.3 is 10.1 Å². The molecule has 2 amide bonds. The van der Waals surface area contributed by atoms with E-state index in [9.17, 15) is 4.79 Å². The number of hydrogen-bond acceptors (Lipinski definition) is 3. The van der Waals surface area contributed by atoms with Crippen LogP contribution < -0.4 is 10.6 Å². The Morgan fingerprint density at radius 1 is 1.47 bits per heavy atom. The Morgan fingerprint density at radius 2 is 2.16 bits per heavy atom. The van der Waals surface area contributed by atoms with Gasteiger partial charge in [-0.15, -0.1) is 0 Å². The number of rotatable bonds is 3. The second-order valence-electron chi connectivity index (χ2n) is 5.51. The fourth-order valence-electron chi connectivity index (χ4n) is 2.19. The first-order chi connectivity index (χ1) is 9.00. The van der Waals surface area contributed by atoms with E-state index in [0.29, 0.717) is 19.0 Å². The second-order valence-corrected chi connectivity index (χ2v) is 5.51. The van der Waals surface area contributed by atoms with Crippen molar-refractivity contribution < 1.29 is 9.53 Å². The highest BCUT2D eigenvalue weighted by molar-refractivity contribution is 5.88. The van der Waals surface area contributed by atoms with Gasteiger partial charge in [0.2, 0.25) is 0 Å². The van der Waals surface area contributed by atoms with Crippen LogP contribution in [0.15, 0.2) is 12.3 Å². The summed E-state index contributed by atoms with van der Waals surface area (Å²) in [6, 6.07) is 1.82. The maximum atomic E-state index is 12.1. The van der Waals surface area contributed by atoms with E-state index in [1.54, 1.807) is 16.9 Å². The van der Waals surface area contributed by atoms with Crippen molar-refractivity contribution in [3.63, 3.8) is 0 Å². The highest BCUT2D eigenvalue weighted by atomic mass is 16.5. The van der Waals surface area contributed by atoms with Crippen molar-refractivity contribution in [1.29, 1.82) is 0 Å². The van der Waals surface area contributed by atoms with Crippen molar-refractivity contribution in [2.45, 2.75) is 45.2 Å². The molecule has 0 unspecified atom stereocenters. The number of ether oxygens (including phenoxy) is 1. The molecular formula is C13H22N4O2. The number of anilines is 1. The van der Waals surface area contributed by atoms with Gasteiger partial charge >= 0.3 is 6.03 Å². The van der Waals surface area contributed by atoms with Crippen molar-refractivity contribution in [2.75, 3.05) is 18.5 Å². The summed E-state index contributed by atoms with van der Waals surface area (Å²) in [5.74, 6) is 0.711. The van der Waals surface area contributed by atoms with E-state index in [0.717, 1.165) is 12.8 Å². The molecule has 19 heavy (non-hydrogen) atoms. The van der Waals surface area contributed by atoms with Gasteiger partial charge in [0, 0.05) is 30.9 Å². The number of hydrogen-bond donors (Lipinski definition) is 2. The van der Waals surface area contributed by atoms with Crippen LogP contribution in [-0.4, -0.2) is 34.6 Å². The standard InChI is InChI=1S/C13H22N4O2/c1-10(2)17-11(4-7-14-17)15-12(18)16-13(3)5-8-19-9-6-13/h4,7,10H,5-6,8-9H2,1-3H3,(H2,15,16,18). The summed E-state index contributed by atoms with van der Waals surface area (Å²) in [6.45, 7) is 7.49. The van der Waals surface area contributed by atoms with Gasteiger partial charge in [0.05, 0.1) is 6.20 Å². The van der Waals surface area contributed by atoms with Crippen molar-refractivity contribution in [3.05, 3.63) is 12.3 Å². The van der Waals surface area contributed by atoms with E-state index in [2.05, 4.69) is 22.7 Å². The first-order valence-corrected chi connectivity index (χ1v) is 6.71. The SMILES string of the molecule is CC(C)n1nccc1NC(=O)NC1(C)CCOCC1. The summed E-state index contributed by atoms with van der Waals surface area (Å²) in [7, 11) is 0. The number of nitrogens with zero attached hydrogens (tertiary/aromatic N) is 2. The van der Waals surface area contributed by atoms with Crippen LogP contribution >= 0.6 is 0 Å². The number of nitrogens with one attached hydrogen (secondary N) is 2. The zero-order valence-electron chi connectivity index (χ0n) is 11.8. The molecule has 1 aromatic heterocycles. The van der Waals surface area contributed by atoms with E-state index >= 15 is 0 Å². The molecule has 0 bridgehead atoms. The average Bonchev–Trinajstić information content (AvgIpc) is 2.77. The van der Waals surface area contributed by atoms with Crippen LogP contribution in [0.5, 0.6) is 0 Å². The van der Waals surface area contributed by atoms with Crippen LogP contribution in [0.25, 0.3) is 0 Å². The summed E-state index contributed by atoms with van der Waals surface area (Å²) in [5, 5.41) is 10.1. The summed E-state index contributed by atoms with van der Waals surface area (Å²) in [6.07, 6.45) is 3.36. The Balaban J connectivity index is 1.95. The minimum atomic E-state index is -0.189. The summed E-state index contributed by atoms with van der Waals surface area (Å²) in [5.41, 5.74) is -0.189. The number of carbonyl (C=O) groups excluding carboxylic acids is 1. The highest BCUT2D eigenvalue weighted by Gasteiger charge is 2.29. The molecule has 1 saturated heterocycles. The predicted octanol–water partition coefficient (Wildman–Crippen LogP) is 2.15. The molecule has 1 aliphatic heterocycles. The third-order valence-electron chi connectivity index (χ3n) is 3.41. The molecule has 6 nitrogen and oxygen atoms in total. The van der Waals surface area contributed by atoms with Crippen molar-refractivity contribution >= 4 is 11.8 Å². The van der Waals surface area contributed by atoms with Gasteiger partial charge in [0.1, 0.15) is 5.82 Å². The van der Waals surface area contributed by atoms with Gasteiger partial charge in [-0.3, -0.25) is 5.32 Å².